The highest BCUT2D eigenvalue weighted by Gasteiger charge is 2.15. The molecule has 0 bridgehead atoms. The van der Waals surface area contributed by atoms with Gasteiger partial charge in [-0.15, -0.1) is 11.3 Å². The maximum absolute atomic E-state index is 11.2. The zero-order chi connectivity index (χ0) is 13.1. The smallest absolute Gasteiger partial charge is 0.357 e. The first-order chi connectivity index (χ1) is 8.60. The van der Waals surface area contributed by atoms with Crippen molar-refractivity contribution in [2.45, 2.75) is 19.9 Å². The van der Waals surface area contributed by atoms with Crippen molar-refractivity contribution >= 4 is 22.4 Å². The van der Waals surface area contributed by atoms with Gasteiger partial charge in [0.25, 0.3) is 0 Å². The summed E-state index contributed by atoms with van der Waals surface area (Å²) in [4.78, 5) is 19.5. The third-order valence-corrected chi connectivity index (χ3v) is 3.02. The van der Waals surface area contributed by atoms with Crippen LogP contribution in [0.5, 0.6) is 0 Å². The average Bonchev–Trinajstić information content (AvgIpc) is 2.97. The third-order valence-electron chi connectivity index (χ3n) is 2.25. The van der Waals surface area contributed by atoms with Crippen molar-refractivity contribution in [2.24, 2.45) is 0 Å². The molecule has 0 aromatic carbocycles. The van der Waals surface area contributed by atoms with Gasteiger partial charge in [0.2, 0.25) is 5.89 Å². The van der Waals surface area contributed by atoms with Crippen molar-refractivity contribution in [3.05, 3.63) is 28.9 Å². The molecule has 2 rings (SSSR count). The highest BCUT2D eigenvalue weighted by molar-refractivity contribution is 7.13. The molecule has 0 saturated carbocycles. The molecular weight excluding hydrogens is 254 g/mol. The number of hydrogen-bond acceptors (Lipinski definition) is 7. The van der Waals surface area contributed by atoms with Gasteiger partial charge in [-0.3, -0.25) is 0 Å². The molecule has 1 unspecified atom stereocenters. The molecule has 0 fully saturated rings. The molecule has 0 aliphatic carbocycles. The van der Waals surface area contributed by atoms with E-state index in [0.29, 0.717) is 16.7 Å². The molecule has 2 aromatic heterocycles. The van der Waals surface area contributed by atoms with Gasteiger partial charge >= 0.3 is 5.97 Å². The van der Waals surface area contributed by atoms with Crippen molar-refractivity contribution in [2.75, 3.05) is 12.4 Å². The molecule has 2 heterocycles. The molecule has 7 heteroatoms. The van der Waals surface area contributed by atoms with Gasteiger partial charge in [-0.05, 0) is 13.8 Å². The number of anilines is 1. The van der Waals surface area contributed by atoms with Crippen molar-refractivity contribution in [3.63, 3.8) is 0 Å². The van der Waals surface area contributed by atoms with E-state index in [1.54, 1.807) is 11.6 Å². The van der Waals surface area contributed by atoms with Crippen LogP contribution in [0.15, 0.2) is 16.0 Å². The van der Waals surface area contributed by atoms with Crippen molar-refractivity contribution in [3.8, 4) is 0 Å². The fourth-order valence-electron chi connectivity index (χ4n) is 1.36. The molecule has 96 valence electrons. The van der Waals surface area contributed by atoms with E-state index in [4.69, 9.17) is 4.42 Å². The van der Waals surface area contributed by atoms with Crippen molar-refractivity contribution < 1.29 is 13.9 Å². The second kappa shape index (κ2) is 5.18. The Bertz CT molecular complexity index is 549. The Morgan fingerprint density at radius 1 is 1.61 bits per heavy atom. The number of hydrogen-bond donors (Lipinski definition) is 1. The molecule has 0 aliphatic rings. The third kappa shape index (κ3) is 2.67. The largest absolute Gasteiger partial charge is 0.464 e. The van der Waals surface area contributed by atoms with Crippen LogP contribution in [0.25, 0.3) is 0 Å². The zero-order valence-electron chi connectivity index (χ0n) is 10.3. The summed E-state index contributed by atoms with van der Waals surface area (Å²) in [7, 11) is 1.33. The predicted octanol–water partition coefficient (Wildman–Crippen LogP) is 2.40. The minimum Gasteiger partial charge on any atom is -0.464 e. The number of carbonyl (C=O) groups is 1. The van der Waals surface area contributed by atoms with Crippen LogP contribution >= 0.6 is 11.3 Å². The van der Waals surface area contributed by atoms with Gasteiger partial charge in [-0.2, -0.15) is 0 Å². The van der Waals surface area contributed by atoms with E-state index in [-0.39, 0.29) is 6.04 Å². The number of nitrogens with zero attached hydrogens (tertiary/aromatic N) is 2. The van der Waals surface area contributed by atoms with E-state index < -0.39 is 5.97 Å². The second-order valence-electron chi connectivity index (χ2n) is 3.70. The van der Waals surface area contributed by atoms with Gasteiger partial charge in [0, 0.05) is 5.38 Å². The topological polar surface area (TPSA) is 77.2 Å². The van der Waals surface area contributed by atoms with E-state index >= 15 is 0 Å². The highest BCUT2D eigenvalue weighted by Crippen LogP contribution is 2.22. The number of oxazole rings is 1. The summed E-state index contributed by atoms with van der Waals surface area (Å²) in [6.45, 7) is 3.74. The standard InChI is InChI=1S/C11H13N3O3S/c1-6-4-12-9(17-6)7(2)13-11-14-8(5-18-11)10(15)16-3/h4-5,7H,1-3H3,(H,13,14). The van der Waals surface area contributed by atoms with Crippen molar-refractivity contribution in [1.82, 2.24) is 9.97 Å². The molecule has 6 nitrogen and oxygen atoms in total. The summed E-state index contributed by atoms with van der Waals surface area (Å²) in [6, 6.07) is -0.115. The van der Waals surface area contributed by atoms with Crippen LogP contribution < -0.4 is 5.32 Å². The Balaban J connectivity index is 2.05. The molecule has 0 spiro atoms. The number of esters is 1. The highest BCUT2D eigenvalue weighted by atomic mass is 32.1. The first-order valence-corrected chi connectivity index (χ1v) is 6.21. The van der Waals surface area contributed by atoms with Gasteiger partial charge in [-0.1, -0.05) is 0 Å². The van der Waals surface area contributed by atoms with E-state index in [2.05, 4.69) is 20.0 Å². The lowest BCUT2D eigenvalue weighted by Crippen LogP contribution is -2.07. The number of thiazole rings is 1. The Morgan fingerprint density at radius 2 is 2.39 bits per heavy atom. The first kappa shape index (κ1) is 12.6. The van der Waals surface area contributed by atoms with Gasteiger partial charge in [0.1, 0.15) is 11.8 Å². The van der Waals surface area contributed by atoms with Crippen LogP contribution in [-0.4, -0.2) is 23.0 Å². The fourth-order valence-corrected chi connectivity index (χ4v) is 2.13. The van der Waals surface area contributed by atoms with E-state index in [0.717, 1.165) is 5.76 Å². The first-order valence-electron chi connectivity index (χ1n) is 5.33. The summed E-state index contributed by atoms with van der Waals surface area (Å²) < 4.78 is 9.99. The van der Waals surface area contributed by atoms with Crippen LogP contribution in [0.1, 0.15) is 35.1 Å². The number of ether oxygens (including phenoxy) is 1. The van der Waals surface area contributed by atoms with E-state index in [9.17, 15) is 4.79 Å². The van der Waals surface area contributed by atoms with Crippen molar-refractivity contribution in [1.29, 1.82) is 0 Å². The minimum absolute atomic E-state index is 0.115. The van der Waals surface area contributed by atoms with Crippen LogP contribution in [0, 0.1) is 6.92 Å². The average molecular weight is 267 g/mol. The molecule has 0 amide bonds. The van der Waals surface area contributed by atoms with Crippen LogP contribution in [0.2, 0.25) is 0 Å². The molecule has 18 heavy (non-hydrogen) atoms. The molecule has 2 aromatic rings. The maximum atomic E-state index is 11.2. The Kier molecular flexibility index (Phi) is 3.61. The lowest BCUT2D eigenvalue weighted by atomic mass is 10.3. The van der Waals surface area contributed by atoms with Crippen LogP contribution in [-0.2, 0) is 4.74 Å². The molecule has 1 atom stereocenters. The van der Waals surface area contributed by atoms with E-state index in [1.807, 2.05) is 13.8 Å². The number of nitrogens with one attached hydrogen (secondary N) is 1. The Morgan fingerprint density at radius 3 is 3.00 bits per heavy atom. The van der Waals surface area contributed by atoms with Crippen LogP contribution in [0.4, 0.5) is 5.13 Å². The number of methoxy groups -OCH3 is 1. The maximum Gasteiger partial charge on any atom is 0.357 e. The summed E-state index contributed by atoms with van der Waals surface area (Å²) >= 11 is 1.33. The summed E-state index contributed by atoms with van der Waals surface area (Å²) in [5, 5.41) is 5.38. The molecule has 0 aliphatic heterocycles. The Hall–Kier alpha value is -1.89. The van der Waals surface area contributed by atoms with Crippen LogP contribution in [0.3, 0.4) is 0 Å². The monoisotopic (exact) mass is 267 g/mol. The lowest BCUT2D eigenvalue weighted by molar-refractivity contribution is 0.0595. The molecular formula is C11H13N3O3S. The summed E-state index contributed by atoms with van der Waals surface area (Å²) in [5.41, 5.74) is 0.292. The number of rotatable bonds is 4. The van der Waals surface area contributed by atoms with Gasteiger partial charge in [-0.25, -0.2) is 14.8 Å². The fraction of sp³-hybridized carbons (Fsp3) is 0.364. The second-order valence-corrected chi connectivity index (χ2v) is 4.56. The van der Waals surface area contributed by atoms with E-state index in [1.165, 1.54) is 18.4 Å². The number of carbonyl (C=O) groups excluding carboxylic acids is 1. The quantitative estimate of drug-likeness (QED) is 0.857. The Labute approximate surface area is 108 Å². The minimum atomic E-state index is -0.445. The zero-order valence-corrected chi connectivity index (χ0v) is 11.1. The predicted molar refractivity (Wildman–Crippen MR) is 66.7 cm³/mol. The summed E-state index contributed by atoms with van der Waals surface area (Å²) in [5.74, 6) is 0.897. The summed E-state index contributed by atoms with van der Waals surface area (Å²) in [6.07, 6.45) is 1.66. The lowest BCUT2D eigenvalue weighted by Gasteiger charge is -2.07. The SMILES string of the molecule is COC(=O)c1csc(NC(C)c2ncc(C)o2)n1. The van der Waals surface area contributed by atoms with Gasteiger partial charge in [0.05, 0.1) is 13.3 Å². The number of aromatic nitrogens is 2. The molecule has 0 radical (unpaired) electrons. The molecule has 0 saturated heterocycles. The molecule has 1 N–H and O–H groups in total. The normalized spacial score (nSPS) is 12.2. The number of aryl methyl sites for hydroxylation is 1. The van der Waals surface area contributed by atoms with Gasteiger partial charge in [0.15, 0.2) is 10.8 Å². The van der Waals surface area contributed by atoms with Gasteiger partial charge < -0.3 is 14.5 Å².